The van der Waals surface area contributed by atoms with Crippen LogP contribution in [0.5, 0.6) is 5.75 Å². The van der Waals surface area contributed by atoms with Gasteiger partial charge in [-0.2, -0.15) is 0 Å². The minimum Gasteiger partial charge on any atom is -0.494 e. The molecule has 0 aliphatic carbocycles. The second-order valence-electron chi connectivity index (χ2n) is 12.8. The number of benzene rings is 3. The van der Waals surface area contributed by atoms with Gasteiger partial charge in [0.05, 0.1) is 24.0 Å². The Morgan fingerprint density at radius 1 is 0.979 bits per heavy atom. The van der Waals surface area contributed by atoms with Gasteiger partial charge in [-0.25, -0.2) is 0 Å². The molecule has 9 nitrogen and oxygen atoms in total. The highest BCUT2D eigenvalue weighted by Gasteiger charge is 2.78. The Morgan fingerprint density at radius 2 is 1.64 bits per heavy atom. The predicted molar refractivity (Wildman–Crippen MR) is 182 cm³/mol. The lowest BCUT2D eigenvalue weighted by Crippen LogP contribution is -2.56. The van der Waals surface area contributed by atoms with Crippen molar-refractivity contribution >= 4 is 39.9 Å². The Labute approximate surface area is 276 Å². The number of aliphatic hydroxyl groups excluding tert-OH is 1. The first-order valence-electron chi connectivity index (χ1n) is 16.4. The van der Waals surface area contributed by atoms with Crippen LogP contribution in [0.4, 0.5) is 11.4 Å². The van der Waals surface area contributed by atoms with Crippen LogP contribution in [-0.2, 0) is 19.1 Å². The van der Waals surface area contributed by atoms with Gasteiger partial charge in [-0.05, 0) is 80.3 Å². The third-order valence-corrected chi connectivity index (χ3v) is 9.99. The van der Waals surface area contributed by atoms with E-state index in [2.05, 4.69) is 13.2 Å². The molecule has 2 unspecified atom stereocenters. The van der Waals surface area contributed by atoms with Gasteiger partial charge in [0.25, 0.3) is 5.91 Å². The number of rotatable bonds is 13. The highest BCUT2D eigenvalue weighted by Crippen LogP contribution is 2.63. The van der Waals surface area contributed by atoms with Crippen molar-refractivity contribution in [3.8, 4) is 5.75 Å². The molecule has 0 aromatic heterocycles. The smallest absolute Gasteiger partial charge is 0.253 e. The molecule has 6 rings (SSSR count). The summed E-state index contributed by atoms with van der Waals surface area (Å²) in [7, 11) is 0. The van der Waals surface area contributed by atoms with Crippen molar-refractivity contribution in [3.05, 3.63) is 92.0 Å². The molecule has 3 aromatic carbocycles. The number of carbonyl (C=O) groups is 3. The minimum atomic E-state index is -1.20. The van der Waals surface area contributed by atoms with Gasteiger partial charge in [0.15, 0.2) is 0 Å². The first kappa shape index (κ1) is 32.5. The van der Waals surface area contributed by atoms with E-state index in [0.717, 1.165) is 10.8 Å². The molecule has 1 N–H and O–H groups in total. The van der Waals surface area contributed by atoms with Crippen molar-refractivity contribution in [1.82, 2.24) is 4.90 Å². The topological polar surface area (TPSA) is 99.6 Å². The molecule has 3 aliphatic heterocycles. The van der Waals surface area contributed by atoms with Crippen LogP contribution in [0.25, 0.3) is 10.8 Å². The van der Waals surface area contributed by atoms with Crippen molar-refractivity contribution in [3.63, 3.8) is 0 Å². The van der Waals surface area contributed by atoms with Gasteiger partial charge in [0.2, 0.25) is 11.8 Å². The largest absolute Gasteiger partial charge is 0.494 e. The summed E-state index contributed by atoms with van der Waals surface area (Å²) < 4.78 is 12.5. The van der Waals surface area contributed by atoms with Gasteiger partial charge >= 0.3 is 0 Å². The zero-order valence-corrected chi connectivity index (χ0v) is 27.1. The molecule has 1 spiro atoms. The molecule has 9 heteroatoms. The van der Waals surface area contributed by atoms with Gasteiger partial charge in [-0.15, -0.1) is 13.2 Å². The van der Waals surface area contributed by atoms with E-state index >= 15 is 0 Å². The molecule has 2 bridgehead atoms. The quantitative estimate of drug-likeness (QED) is 0.261. The molecule has 3 saturated heterocycles. The Hall–Kier alpha value is -4.47. The number of ether oxygens (including phenoxy) is 2. The fourth-order valence-electron chi connectivity index (χ4n) is 8.02. The zero-order valence-electron chi connectivity index (χ0n) is 27.1. The number of amides is 3. The van der Waals surface area contributed by atoms with Crippen LogP contribution in [0.15, 0.2) is 92.0 Å². The molecule has 3 fully saturated rings. The van der Waals surface area contributed by atoms with Gasteiger partial charge in [-0.1, -0.05) is 42.5 Å². The molecule has 47 heavy (non-hydrogen) atoms. The molecule has 0 saturated carbocycles. The van der Waals surface area contributed by atoms with Crippen LogP contribution < -0.4 is 14.5 Å². The number of likely N-dealkylation sites (tertiary alicyclic amines) is 1. The number of carbonyl (C=O) groups excluding carboxylic acids is 3. The summed E-state index contributed by atoms with van der Waals surface area (Å²) in [5, 5.41) is 11.8. The molecule has 5 atom stereocenters. The fraction of sp³-hybridized carbons (Fsp3) is 0.395. The van der Waals surface area contributed by atoms with E-state index in [9.17, 15) is 19.5 Å². The average molecular weight is 638 g/mol. The number of aliphatic hydroxyl groups is 1. The Morgan fingerprint density at radius 3 is 2.30 bits per heavy atom. The molecule has 3 aromatic rings. The first-order valence-corrected chi connectivity index (χ1v) is 16.4. The average Bonchev–Trinajstić information content (AvgIpc) is 3.65. The summed E-state index contributed by atoms with van der Waals surface area (Å²) in [6.07, 6.45) is 4.60. The standard InChI is InChI=1S/C38H43N3O6/c1-5-21-39(28-15-17-30(18-16-28)46-7-3)34(43)31-32-35(44)41(23-10-24-42)33(38(32)20-19-37(31,4)47-38)36(45)40(22-6-2)29-14-13-26-11-8-9-12-27(26)25-29/h5-6,8-9,11-18,25,31-33,42H,1-2,7,10,19-24H2,3-4H3/t31-,32+,33?,37+,38?/m1/s1. The van der Waals surface area contributed by atoms with Crippen LogP contribution in [0, 0.1) is 11.8 Å². The van der Waals surface area contributed by atoms with E-state index in [0.29, 0.717) is 43.0 Å². The molecular weight excluding hydrogens is 594 g/mol. The van der Waals surface area contributed by atoms with E-state index in [1.807, 2.05) is 80.6 Å². The summed E-state index contributed by atoms with van der Waals surface area (Å²) in [6.45, 7) is 12.6. The van der Waals surface area contributed by atoms with E-state index in [1.165, 1.54) is 0 Å². The summed E-state index contributed by atoms with van der Waals surface area (Å²) in [5.41, 5.74) is -0.812. The summed E-state index contributed by atoms with van der Waals surface area (Å²) in [5.74, 6) is -1.82. The van der Waals surface area contributed by atoms with E-state index in [4.69, 9.17) is 9.47 Å². The molecule has 3 heterocycles. The highest BCUT2D eigenvalue weighted by atomic mass is 16.5. The SMILES string of the molecule is C=CCN(C(=O)C1N(CCCO)C(=O)[C@@H]2[C@H](C(=O)N(CC=C)c3ccc(OCC)cc3)[C@]3(C)CCC12O3)c1ccc2ccccc2c1. The number of nitrogens with zero attached hydrogens (tertiary/aromatic N) is 3. The number of hydrogen-bond donors (Lipinski definition) is 1. The third kappa shape index (κ3) is 5.41. The normalized spacial score (nSPS) is 25.9. The second-order valence-corrected chi connectivity index (χ2v) is 12.8. The molecule has 246 valence electrons. The summed E-state index contributed by atoms with van der Waals surface area (Å²) in [4.78, 5) is 48.9. The third-order valence-electron chi connectivity index (χ3n) is 9.99. The maximum absolute atomic E-state index is 14.9. The minimum absolute atomic E-state index is 0.144. The van der Waals surface area contributed by atoms with E-state index < -0.39 is 29.1 Å². The van der Waals surface area contributed by atoms with Crippen LogP contribution in [0.2, 0.25) is 0 Å². The molecular formula is C38H43N3O6. The van der Waals surface area contributed by atoms with Gasteiger partial charge in [-0.3, -0.25) is 14.4 Å². The van der Waals surface area contributed by atoms with Crippen molar-refractivity contribution in [2.75, 3.05) is 42.6 Å². The lowest BCUT2D eigenvalue weighted by Gasteiger charge is -2.37. The number of hydrogen-bond acceptors (Lipinski definition) is 6. The van der Waals surface area contributed by atoms with Crippen LogP contribution in [0.1, 0.15) is 33.1 Å². The monoisotopic (exact) mass is 637 g/mol. The Kier molecular flexibility index (Phi) is 8.96. The highest BCUT2D eigenvalue weighted by molar-refractivity contribution is 6.07. The zero-order chi connectivity index (χ0) is 33.3. The lowest BCUT2D eigenvalue weighted by molar-refractivity contribution is -0.144. The van der Waals surface area contributed by atoms with Gasteiger partial charge in [0, 0.05) is 37.6 Å². The van der Waals surface area contributed by atoms with Crippen LogP contribution in [-0.4, -0.2) is 77.8 Å². The molecule has 3 amide bonds. The summed E-state index contributed by atoms with van der Waals surface area (Å²) in [6, 6.07) is 20.1. The van der Waals surface area contributed by atoms with Gasteiger partial charge < -0.3 is 29.3 Å². The first-order chi connectivity index (χ1) is 22.7. The molecule has 3 aliphatic rings. The predicted octanol–water partition coefficient (Wildman–Crippen LogP) is 5.12. The second kappa shape index (κ2) is 13.0. The fourth-order valence-corrected chi connectivity index (χ4v) is 8.02. The maximum atomic E-state index is 14.9. The molecule has 0 radical (unpaired) electrons. The van der Waals surface area contributed by atoms with Crippen LogP contribution >= 0.6 is 0 Å². The Balaban J connectivity index is 1.40. The lowest BCUT2D eigenvalue weighted by atomic mass is 9.66. The number of fused-ring (bicyclic) bond motifs is 2. The maximum Gasteiger partial charge on any atom is 0.253 e. The van der Waals surface area contributed by atoms with E-state index in [-0.39, 0.29) is 44.0 Å². The number of anilines is 2. The van der Waals surface area contributed by atoms with E-state index in [1.54, 1.807) is 26.9 Å². The van der Waals surface area contributed by atoms with Crippen molar-refractivity contribution < 1.29 is 29.0 Å². The van der Waals surface area contributed by atoms with Gasteiger partial charge in [0.1, 0.15) is 17.4 Å². The van der Waals surface area contributed by atoms with Crippen molar-refractivity contribution in [1.29, 1.82) is 0 Å². The Bertz CT molecular complexity index is 1690. The van der Waals surface area contributed by atoms with Crippen LogP contribution in [0.3, 0.4) is 0 Å². The van der Waals surface area contributed by atoms with Crippen molar-refractivity contribution in [2.45, 2.75) is 50.4 Å². The van der Waals surface area contributed by atoms with Crippen molar-refractivity contribution in [2.24, 2.45) is 11.8 Å². The summed E-state index contributed by atoms with van der Waals surface area (Å²) >= 11 is 0.